The number of nitrogens with zero attached hydrogens (tertiary/aromatic N) is 3. The van der Waals surface area contributed by atoms with Gasteiger partial charge in [-0.15, -0.1) is 0 Å². The minimum Gasteiger partial charge on any atom is -0.390 e. The van der Waals surface area contributed by atoms with Gasteiger partial charge in [-0.05, 0) is 113 Å². The average molecular weight is 450 g/mol. The van der Waals surface area contributed by atoms with Crippen molar-refractivity contribution in [1.29, 1.82) is 0 Å². The molecule has 5 nitrogen and oxygen atoms in total. The zero-order valence-corrected chi connectivity index (χ0v) is 20.5. The molecule has 0 spiro atoms. The Labute approximate surface area is 197 Å². The van der Waals surface area contributed by atoms with Crippen LogP contribution in [0.3, 0.4) is 0 Å². The van der Waals surface area contributed by atoms with Crippen LogP contribution in [0.15, 0.2) is 18.5 Å². The maximum absolute atomic E-state index is 13.6. The van der Waals surface area contributed by atoms with E-state index >= 15 is 0 Å². The Kier molecular flexibility index (Phi) is 5.03. The molecule has 2 heterocycles. The van der Waals surface area contributed by atoms with E-state index in [4.69, 9.17) is 0 Å². The molecule has 33 heavy (non-hydrogen) atoms. The number of aryl methyl sites for hydroxylation is 1. The number of carbonyl (C=O) groups is 1. The molecule has 178 valence electrons. The summed E-state index contributed by atoms with van der Waals surface area (Å²) in [6, 6.07) is 2.04. The molecule has 0 unspecified atom stereocenters. The summed E-state index contributed by atoms with van der Waals surface area (Å²) in [4.78, 5) is 18.1. The van der Waals surface area contributed by atoms with Gasteiger partial charge in [0, 0.05) is 17.0 Å². The SMILES string of the molecule is Cc1cc2cnn(CC(=O)[C@H]3CC[C@H]4[C@@H]5CC[C@@H]6C[C@](C)(O)CC[C@@H]6[C@H]5CC[C@]34C)c2cn1. The first-order valence-electron chi connectivity index (χ1n) is 13.3. The van der Waals surface area contributed by atoms with Crippen LogP contribution in [0.1, 0.15) is 77.3 Å². The van der Waals surface area contributed by atoms with Gasteiger partial charge in [0.25, 0.3) is 0 Å². The average Bonchev–Trinajstić information content (AvgIpc) is 3.32. The fourth-order valence-corrected chi connectivity index (χ4v) is 9.08. The lowest BCUT2D eigenvalue weighted by molar-refractivity contribution is -0.133. The number of rotatable bonds is 3. The zero-order valence-electron chi connectivity index (χ0n) is 20.5. The molecule has 1 N–H and O–H groups in total. The molecule has 4 saturated carbocycles. The van der Waals surface area contributed by atoms with Crippen molar-refractivity contribution in [3.05, 3.63) is 24.2 Å². The van der Waals surface area contributed by atoms with E-state index < -0.39 is 5.60 Å². The number of carbonyl (C=O) groups excluding carboxylic acids is 1. The number of fused-ring (bicyclic) bond motifs is 6. The van der Waals surface area contributed by atoms with Crippen LogP contribution in [0.2, 0.25) is 0 Å². The van der Waals surface area contributed by atoms with Crippen molar-refractivity contribution >= 4 is 16.7 Å². The number of aliphatic hydroxyl groups is 1. The van der Waals surface area contributed by atoms with E-state index in [0.717, 1.165) is 53.6 Å². The van der Waals surface area contributed by atoms with Crippen LogP contribution in [0.5, 0.6) is 0 Å². The molecule has 0 radical (unpaired) electrons. The van der Waals surface area contributed by atoms with Gasteiger partial charge in [0.1, 0.15) is 6.54 Å². The molecule has 0 aromatic carbocycles. The van der Waals surface area contributed by atoms with Crippen molar-refractivity contribution in [2.45, 2.75) is 90.7 Å². The number of hydrogen-bond donors (Lipinski definition) is 1. The van der Waals surface area contributed by atoms with Crippen molar-refractivity contribution in [3.8, 4) is 0 Å². The van der Waals surface area contributed by atoms with E-state index in [2.05, 4.69) is 17.0 Å². The predicted molar refractivity (Wildman–Crippen MR) is 128 cm³/mol. The van der Waals surface area contributed by atoms with Gasteiger partial charge in [0.15, 0.2) is 5.78 Å². The Morgan fingerprint density at radius 3 is 2.73 bits per heavy atom. The number of pyridine rings is 1. The Bertz CT molecular complexity index is 1070. The second-order valence-electron chi connectivity index (χ2n) is 12.5. The highest BCUT2D eigenvalue weighted by atomic mass is 16.3. The summed E-state index contributed by atoms with van der Waals surface area (Å²) in [6.07, 6.45) is 14.2. The van der Waals surface area contributed by atoms with Crippen LogP contribution in [-0.4, -0.2) is 31.3 Å². The van der Waals surface area contributed by atoms with Crippen LogP contribution in [-0.2, 0) is 11.3 Å². The van der Waals surface area contributed by atoms with Crippen molar-refractivity contribution < 1.29 is 9.90 Å². The summed E-state index contributed by atoms with van der Waals surface area (Å²) in [5, 5.41) is 16.2. The van der Waals surface area contributed by atoms with Gasteiger partial charge in [-0.1, -0.05) is 6.92 Å². The Hall–Kier alpha value is -1.75. The van der Waals surface area contributed by atoms with Crippen LogP contribution in [0, 0.1) is 47.8 Å². The highest BCUT2D eigenvalue weighted by Crippen LogP contribution is 2.64. The zero-order chi connectivity index (χ0) is 23.0. The van der Waals surface area contributed by atoms with E-state index in [9.17, 15) is 9.90 Å². The lowest BCUT2D eigenvalue weighted by Crippen LogP contribution is -2.51. The van der Waals surface area contributed by atoms with Gasteiger partial charge in [0.05, 0.1) is 23.5 Å². The minimum absolute atomic E-state index is 0.142. The maximum atomic E-state index is 13.6. The molecule has 4 fully saturated rings. The first-order valence-corrected chi connectivity index (χ1v) is 13.3. The lowest BCUT2D eigenvalue weighted by Gasteiger charge is -2.56. The molecule has 0 aliphatic heterocycles. The number of ketones is 1. The monoisotopic (exact) mass is 449 g/mol. The predicted octanol–water partition coefficient (Wildman–Crippen LogP) is 5.33. The van der Waals surface area contributed by atoms with Crippen molar-refractivity contribution in [2.24, 2.45) is 40.9 Å². The highest BCUT2D eigenvalue weighted by Gasteiger charge is 2.58. The Morgan fingerprint density at radius 2 is 1.88 bits per heavy atom. The topological polar surface area (TPSA) is 68.0 Å². The first-order chi connectivity index (χ1) is 15.7. The summed E-state index contributed by atoms with van der Waals surface area (Å²) in [5.41, 5.74) is 1.63. The van der Waals surface area contributed by atoms with E-state index in [-0.39, 0.29) is 11.3 Å². The van der Waals surface area contributed by atoms with Gasteiger partial charge in [-0.2, -0.15) is 5.10 Å². The molecule has 5 heteroatoms. The quantitative estimate of drug-likeness (QED) is 0.688. The van der Waals surface area contributed by atoms with Gasteiger partial charge < -0.3 is 5.11 Å². The summed E-state index contributed by atoms with van der Waals surface area (Å²) >= 11 is 0. The molecule has 6 rings (SSSR count). The van der Waals surface area contributed by atoms with E-state index in [0.29, 0.717) is 24.2 Å². The molecular weight excluding hydrogens is 410 g/mol. The maximum Gasteiger partial charge on any atom is 0.157 e. The molecule has 4 aliphatic carbocycles. The number of Topliss-reactive ketones (excluding diaryl/α,β-unsaturated/α-hetero) is 1. The summed E-state index contributed by atoms with van der Waals surface area (Å²) in [6.45, 7) is 6.84. The van der Waals surface area contributed by atoms with Crippen LogP contribution < -0.4 is 0 Å². The fourth-order valence-electron chi connectivity index (χ4n) is 9.08. The summed E-state index contributed by atoms with van der Waals surface area (Å²) < 4.78 is 1.87. The summed E-state index contributed by atoms with van der Waals surface area (Å²) in [7, 11) is 0. The molecule has 2 aromatic heterocycles. The smallest absolute Gasteiger partial charge is 0.157 e. The molecule has 0 bridgehead atoms. The standard InChI is InChI=1S/C28H39N3O2/c1-17-12-19-14-30-31(25(19)15-29-17)16-26(32)24-7-6-23-22-5-4-18-13-27(2,33)10-8-20(18)21(22)9-11-28(23,24)3/h12,14-15,18,20-24,33H,4-11,13,16H2,1-3H3/t18-,20+,21-,22-,23+,24-,27-,28+/m1/s1. The van der Waals surface area contributed by atoms with Crippen LogP contribution in [0.4, 0.5) is 0 Å². The number of aromatic nitrogens is 3. The van der Waals surface area contributed by atoms with Gasteiger partial charge in [-0.3, -0.25) is 14.5 Å². The van der Waals surface area contributed by atoms with Crippen molar-refractivity contribution in [3.63, 3.8) is 0 Å². The third-order valence-electron chi connectivity index (χ3n) is 10.6. The third-order valence-corrected chi connectivity index (χ3v) is 10.6. The minimum atomic E-state index is -0.451. The number of hydrogen-bond acceptors (Lipinski definition) is 4. The van der Waals surface area contributed by atoms with Crippen molar-refractivity contribution in [2.75, 3.05) is 0 Å². The van der Waals surface area contributed by atoms with Gasteiger partial charge >= 0.3 is 0 Å². The van der Waals surface area contributed by atoms with Crippen LogP contribution >= 0.6 is 0 Å². The van der Waals surface area contributed by atoms with E-state index in [1.807, 2.05) is 37.0 Å². The summed E-state index contributed by atoms with van der Waals surface area (Å²) in [5.74, 6) is 4.32. The molecule has 2 aromatic rings. The fraction of sp³-hybridized carbons (Fsp3) is 0.750. The van der Waals surface area contributed by atoms with Crippen molar-refractivity contribution in [1.82, 2.24) is 14.8 Å². The lowest BCUT2D eigenvalue weighted by atomic mass is 9.49. The second kappa shape index (κ2) is 7.63. The van der Waals surface area contributed by atoms with E-state index in [1.165, 1.54) is 38.5 Å². The van der Waals surface area contributed by atoms with E-state index in [1.54, 1.807) is 0 Å². The van der Waals surface area contributed by atoms with Gasteiger partial charge in [-0.25, -0.2) is 0 Å². The third kappa shape index (κ3) is 3.48. The normalized spacial score (nSPS) is 42.5. The Balaban J connectivity index is 1.19. The Morgan fingerprint density at radius 1 is 1.06 bits per heavy atom. The highest BCUT2D eigenvalue weighted by molar-refractivity contribution is 5.85. The molecule has 8 atom stereocenters. The largest absolute Gasteiger partial charge is 0.390 e. The van der Waals surface area contributed by atoms with Gasteiger partial charge in [0.2, 0.25) is 0 Å². The molecule has 0 amide bonds. The second-order valence-corrected chi connectivity index (χ2v) is 12.5. The molecule has 0 saturated heterocycles. The molecule has 4 aliphatic rings. The van der Waals surface area contributed by atoms with Crippen LogP contribution in [0.25, 0.3) is 10.9 Å². The first kappa shape index (κ1) is 21.8. The molecular formula is C28H39N3O2.